The van der Waals surface area contributed by atoms with Crippen LogP contribution in [0.3, 0.4) is 0 Å². The van der Waals surface area contributed by atoms with Gasteiger partial charge in [0.05, 0.1) is 18.5 Å². The SMILES string of the molecule is Cc1nnc(S[C@@H](C)C(=O)Nc2ccc(N3CCOCC3)cc2)s1. The summed E-state index contributed by atoms with van der Waals surface area (Å²) in [4.78, 5) is 14.6. The molecule has 0 saturated carbocycles. The molecule has 1 aromatic carbocycles. The van der Waals surface area contributed by atoms with Gasteiger partial charge in [-0.25, -0.2) is 0 Å². The molecule has 1 saturated heterocycles. The van der Waals surface area contributed by atoms with E-state index in [0.717, 1.165) is 47.0 Å². The molecule has 1 fully saturated rings. The van der Waals surface area contributed by atoms with Crippen molar-refractivity contribution in [2.24, 2.45) is 0 Å². The van der Waals surface area contributed by atoms with Crippen molar-refractivity contribution in [2.75, 3.05) is 36.5 Å². The number of ether oxygens (including phenoxy) is 1. The molecule has 128 valence electrons. The van der Waals surface area contributed by atoms with Gasteiger partial charge in [0.2, 0.25) is 5.91 Å². The molecule has 2 aromatic rings. The van der Waals surface area contributed by atoms with Gasteiger partial charge in [0, 0.05) is 24.5 Å². The van der Waals surface area contributed by atoms with Crippen molar-refractivity contribution in [3.8, 4) is 0 Å². The molecule has 0 aliphatic carbocycles. The van der Waals surface area contributed by atoms with Crippen LogP contribution in [0.15, 0.2) is 28.6 Å². The number of hydrogen-bond donors (Lipinski definition) is 1. The Kier molecular flexibility index (Phi) is 5.70. The predicted octanol–water partition coefficient (Wildman–Crippen LogP) is 2.80. The van der Waals surface area contributed by atoms with Crippen LogP contribution in [0.1, 0.15) is 11.9 Å². The van der Waals surface area contributed by atoms with Gasteiger partial charge in [-0.3, -0.25) is 4.79 Å². The highest BCUT2D eigenvalue weighted by molar-refractivity contribution is 8.02. The molecule has 6 nitrogen and oxygen atoms in total. The zero-order chi connectivity index (χ0) is 16.9. The van der Waals surface area contributed by atoms with Crippen molar-refractivity contribution in [3.05, 3.63) is 29.3 Å². The number of nitrogens with one attached hydrogen (secondary N) is 1. The number of benzene rings is 1. The zero-order valence-electron chi connectivity index (χ0n) is 13.7. The standard InChI is InChI=1S/C16H20N4O2S2/c1-11(23-16-19-18-12(2)24-16)15(21)17-13-3-5-14(6-4-13)20-7-9-22-10-8-20/h3-6,11H,7-10H2,1-2H3,(H,17,21)/t11-/m0/s1. The van der Waals surface area contributed by atoms with E-state index in [-0.39, 0.29) is 11.2 Å². The zero-order valence-corrected chi connectivity index (χ0v) is 15.3. The van der Waals surface area contributed by atoms with Gasteiger partial charge < -0.3 is 15.0 Å². The van der Waals surface area contributed by atoms with Crippen LogP contribution >= 0.6 is 23.1 Å². The summed E-state index contributed by atoms with van der Waals surface area (Å²) in [7, 11) is 0. The molecular formula is C16H20N4O2S2. The van der Waals surface area contributed by atoms with E-state index in [4.69, 9.17) is 4.74 Å². The molecule has 3 rings (SSSR count). The minimum absolute atomic E-state index is 0.0352. The summed E-state index contributed by atoms with van der Waals surface area (Å²) in [6, 6.07) is 7.95. The summed E-state index contributed by atoms with van der Waals surface area (Å²) in [5.74, 6) is -0.0352. The van der Waals surface area contributed by atoms with E-state index in [1.54, 1.807) is 0 Å². The van der Waals surface area contributed by atoms with Crippen LogP contribution < -0.4 is 10.2 Å². The van der Waals surface area contributed by atoms with Crippen molar-refractivity contribution in [1.29, 1.82) is 0 Å². The molecule has 0 spiro atoms. The van der Waals surface area contributed by atoms with Crippen molar-refractivity contribution in [1.82, 2.24) is 10.2 Å². The fraction of sp³-hybridized carbons (Fsp3) is 0.438. The van der Waals surface area contributed by atoms with Gasteiger partial charge in [-0.05, 0) is 38.1 Å². The maximum absolute atomic E-state index is 12.3. The summed E-state index contributed by atoms with van der Waals surface area (Å²) in [5, 5.41) is 11.6. The van der Waals surface area contributed by atoms with Crippen LogP contribution in [-0.2, 0) is 9.53 Å². The molecule has 24 heavy (non-hydrogen) atoms. The molecule has 1 aliphatic heterocycles. The number of morpholine rings is 1. The molecule has 1 aliphatic rings. The number of hydrogen-bond acceptors (Lipinski definition) is 7. The Morgan fingerprint density at radius 1 is 1.29 bits per heavy atom. The predicted molar refractivity (Wildman–Crippen MR) is 98.1 cm³/mol. The number of amides is 1. The fourth-order valence-corrected chi connectivity index (χ4v) is 4.31. The lowest BCUT2D eigenvalue weighted by Crippen LogP contribution is -2.36. The van der Waals surface area contributed by atoms with Crippen LogP contribution in [0.2, 0.25) is 0 Å². The van der Waals surface area contributed by atoms with Crippen LogP contribution in [0.4, 0.5) is 11.4 Å². The normalized spacial score (nSPS) is 16.0. The van der Waals surface area contributed by atoms with Crippen molar-refractivity contribution in [2.45, 2.75) is 23.4 Å². The Balaban J connectivity index is 1.55. The first kappa shape index (κ1) is 17.2. The number of carbonyl (C=O) groups excluding carboxylic acids is 1. The first-order valence-electron chi connectivity index (χ1n) is 7.82. The number of thioether (sulfide) groups is 1. The second kappa shape index (κ2) is 7.96. The van der Waals surface area contributed by atoms with Crippen molar-refractivity contribution in [3.63, 3.8) is 0 Å². The highest BCUT2D eigenvalue weighted by Crippen LogP contribution is 2.27. The number of aromatic nitrogens is 2. The maximum Gasteiger partial charge on any atom is 0.237 e. The number of rotatable bonds is 5. The summed E-state index contributed by atoms with van der Waals surface area (Å²) >= 11 is 2.93. The number of aryl methyl sites for hydroxylation is 1. The molecule has 0 radical (unpaired) electrons. The highest BCUT2D eigenvalue weighted by atomic mass is 32.2. The van der Waals surface area contributed by atoms with Gasteiger partial charge in [-0.2, -0.15) is 0 Å². The molecule has 1 amide bonds. The van der Waals surface area contributed by atoms with E-state index in [9.17, 15) is 4.79 Å². The van der Waals surface area contributed by atoms with Crippen LogP contribution in [0.5, 0.6) is 0 Å². The average molecular weight is 364 g/mol. The molecular weight excluding hydrogens is 344 g/mol. The van der Waals surface area contributed by atoms with E-state index in [2.05, 4.69) is 20.4 Å². The van der Waals surface area contributed by atoms with E-state index >= 15 is 0 Å². The Morgan fingerprint density at radius 3 is 2.62 bits per heavy atom. The third-order valence-electron chi connectivity index (χ3n) is 3.67. The fourth-order valence-electron chi connectivity index (χ4n) is 2.35. The van der Waals surface area contributed by atoms with Gasteiger partial charge in [-0.1, -0.05) is 23.1 Å². The second-order valence-corrected chi connectivity index (χ2v) is 8.25. The minimum atomic E-state index is -0.226. The molecule has 2 heterocycles. The smallest absolute Gasteiger partial charge is 0.237 e. The van der Waals surface area contributed by atoms with Crippen LogP contribution in [-0.4, -0.2) is 47.7 Å². The Bertz CT molecular complexity index is 684. The maximum atomic E-state index is 12.3. The Hall–Kier alpha value is -1.64. The van der Waals surface area contributed by atoms with Gasteiger partial charge in [0.25, 0.3) is 0 Å². The lowest BCUT2D eigenvalue weighted by atomic mass is 10.2. The largest absolute Gasteiger partial charge is 0.378 e. The molecule has 1 atom stereocenters. The number of carbonyl (C=O) groups is 1. The summed E-state index contributed by atoms with van der Waals surface area (Å²) < 4.78 is 6.18. The van der Waals surface area contributed by atoms with Gasteiger partial charge in [-0.15, -0.1) is 10.2 Å². The van der Waals surface area contributed by atoms with E-state index in [0.29, 0.717) is 0 Å². The molecule has 1 N–H and O–H groups in total. The van der Waals surface area contributed by atoms with E-state index in [1.807, 2.05) is 38.1 Å². The molecule has 0 unspecified atom stereocenters. The molecule has 1 aromatic heterocycles. The quantitative estimate of drug-likeness (QED) is 0.823. The first-order chi connectivity index (χ1) is 11.6. The van der Waals surface area contributed by atoms with Crippen LogP contribution in [0, 0.1) is 6.92 Å². The lowest BCUT2D eigenvalue weighted by molar-refractivity contribution is -0.115. The van der Waals surface area contributed by atoms with Gasteiger partial charge >= 0.3 is 0 Å². The van der Waals surface area contributed by atoms with E-state index in [1.165, 1.54) is 23.1 Å². The second-order valence-electron chi connectivity index (χ2n) is 5.48. The lowest BCUT2D eigenvalue weighted by Gasteiger charge is -2.28. The Morgan fingerprint density at radius 2 is 2.00 bits per heavy atom. The first-order valence-corrected chi connectivity index (χ1v) is 9.52. The van der Waals surface area contributed by atoms with Crippen LogP contribution in [0.25, 0.3) is 0 Å². The molecule has 0 bridgehead atoms. The third kappa shape index (κ3) is 4.46. The topological polar surface area (TPSA) is 67.4 Å². The summed E-state index contributed by atoms with van der Waals surface area (Å²) in [6.07, 6.45) is 0. The molecule has 8 heteroatoms. The number of anilines is 2. The Labute approximate surface area is 149 Å². The third-order valence-corrected chi connectivity index (χ3v) is 5.69. The van der Waals surface area contributed by atoms with Gasteiger partial charge in [0.15, 0.2) is 4.34 Å². The van der Waals surface area contributed by atoms with Crippen molar-refractivity contribution >= 4 is 40.4 Å². The minimum Gasteiger partial charge on any atom is -0.378 e. The highest BCUT2D eigenvalue weighted by Gasteiger charge is 2.17. The monoisotopic (exact) mass is 364 g/mol. The van der Waals surface area contributed by atoms with E-state index < -0.39 is 0 Å². The summed E-state index contributed by atoms with van der Waals surface area (Å²) in [6.45, 7) is 7.11. The number of nitrogens with zero attached hydrogens (tertiary/aromatic N) is 3. The van der Waals surface area contributed by atoms with Gasteiger partial charge in [0.1, 0.15) is 5.01 Å². The average Bonchev–Trinajstić information content (AvgIpc) is 3.01. The summed E-state index contributed by atoms with van der Waals surface area (Å²) in [5.41, 5.74) is 1.96. The van der Waals surface area contributed by atoms with Crippen molar-refractivity contribution < 1.29 is 9.53 Å².